The van der Waals surface area contributed by atoms with Gasteiger partial charge in [0.05, 0.1) is 20.6 Å². The average molecular weight is 687 g/mol. The Bertz CT molecular complexity index is 1720. The van der Waals surface area contributed by atoms with Gasteiger partial charge in [-0.05, 0) is 54.8 Å². The summed E-state index contributed by atoms with van der Waals surface area (Å²) < 4.78 is 29.1. The predicted octanol–water partition coefficient (Wildman–Crippen LogP) is 7.40. The molecule has 236 valence electrons. The topological polar surface area (TPSA) is 86.8 Å². The third-order valence-corrected chi connectivity index (χ3v) is 10.3. The first kappa shape index (κ1) is 34.3. The van der Waals surface area contributed by atoms with E-state index in [4.69, 9.17) is 34.8 Å². The average Bonchev–Trinajstić information content (AvgIpc) is 3.04. The number of nitrogens with zero attached hydrogens (tertiary/aromatic N) is 2. The molecule has 4 aromatic carbocycles. The number of rotatable bonds is 13. The van der Waals surface area contributed by atoms with E-state index in [2.05, 4.69) is 5.32 Å². The van der Waals surface area contributed by atoms with Crippen LogP contribution in [0.25, 0.3) is 0 Å². The van der Waals surface area contributed by atoms with Crippen LogP contribution in [0.2, 0.25) is 15.1 Å². The maximum atomic E-state index is 14.5. The van der Waals surface area contributed by atoms with Gasteiger partial charge in [-0.1, -0.05) is 115 Å². The lowest BCUT2D eigenvalue weighted by Gasteiger charge is -2.34. The normalized spacial score (nSPS) is 12.6. The molecule has 2 amide bonds. The lowest BCUT2D eigenvalue weighted by Crippen LogP contribution is -2.54. The van der Waals surface area contributed by atoms with Gasteiger partial charge in [-0.2, -0.15) is 0 Å². The van der Waals surface area contributed by atoms with Crippen molar-refractivity contribution in [1.82, 2.24) is 10.2 Å². The smallest absolute Gasteiger partial charge is 0.264 e. The van der Waals surface area contributed by atoms with E-state index >= 15 is 0 Å². The fraction of sp³-hybridized carbons (Fsp3) is 0.235. The van der Waals surface area contributed by atoms with Crippen molar-refractivity contribution in [2.24, 2.45) is 0 Å². The second kappa shape index (κ2) is 15.6. The van der Waals surface area contributed by atoms with Crippen molar-refractivity contribution < 1.29 is 18.0 Å². The first-order valence-corrected chi connectivity index (χ1v) is 17.0. The van der Waals surface area contributed by atoms with Gasteiger partial charge in [0.1, 0.15) is 12.6 Å². The second-order valence-corrected chi connectivity index (χ2v) is 13.6. The van der Waals surface area contributed by atoms with Gasteiger partial charge in [0, 0.05) is 24.0 Å². The van der Waals surface area contributed by atoms with Crippen molar-refractivity contribution in [1.29, 1.82) is 0 Å². The zero-order chi connectivity index (χ0) is 32.6. The van der Waals surface area contributed by atoms with Crippen molar-refractivity contribution in [3.8, 4) is 0 Å². The summed E-state index contributed by atoms with van der Waals surface area (Å²) >= 11 is 19.4. The Balaban J connectivity index is 1.84. The Hall–Kier alpha value is -3.56. The van der Waals surface area contributed by atoms with Crippen molar-refractivity contribution in [3.63, 3.8) is 0 Å². The minimum absolute atomic E-state index is 0.0283. The minimum atomic E-state index is -4.31. The highest BCUT2D eigenvalue weighted by molar-refractivity contribution is 7.92. The minimum Gasteiger partial charge on any atom is -0.352 e. The first-order valence-electron chi connectivity index (χ1n) is 14.4. The highest BCUT2D eigenvalue weighted by Crippen LogP contribution is 2.35. The molecule has 0 aliphatic carbocycles. The van der Waals surface area contributed by atoms with E-state index in [1.54, 1.807) is 48.5 Å². The summed E-state index contributed by atoms with van der Waals surface area (Å²) in [5.41, 5.74) is 1.45. The highest BCUT2D eigenvalue weighted by atomic mass is 35.5. The molecule has 0 bridgehead atoms. The Labute approximate surface area is 279 Å². The summed E-state index contributed by atoms with van der Waals surface area (Å²) in [5, 5.41) is 3.51. The van der Waals surface area contributed by atoms with Crippen LogP contribution >= 0.6 is 34.8 Å². The molecular formula is C34H34Cl3N3O4S. The maximum Gasteiger partial charge on any atom is 0.264 e. The van der Waals surface area contributed by atoms with Gasteiger partial charge in [-0.3, -0.25) is 13.9 Å². The lowest BCUT2D eigenvalue weighted by molar-refractivity contribution is -0.140. The summed E-state index contributed by atoms with van der Waals surface area (Å²) in [6.45, 7) is 3.12. The zero-order valence-corrected chi connectivity index (χ0v) is 28.0. The Morgan fingerprint density at radius 1 is 0.800 bits per heavy atom. The maximum absolute atomic E-state index is 14.5. The molecule has 4 rings (SSSR count). The van der Waals surface area contributed by atoms with E-state index in [0.29, 0.717) is 17.0 Å². The van der Waals surface area contributed by atoms with Crippen molar-refractivity contribution >= 4 is 62.3 Å². The molecule has 0 unspecified atom stereocenters. The molecule has 1 N–H and O–H groups in total. The Kier molecular flexibility index (Phi) is 11.9. The van der Waals surface area contributed by atoms with Crippen LogP contribution in [0.3, 0.4) is 0 Å². The van der Waals surface area contributed by atoms with Crippen LogP contribution < -0.4 is 9.62 Å². The van der Waals surface area contributed by atoms with Crippen LogP contribution in [-0.4, -0.2) is 43.8 Å². The quantitative estimate of drug-likeness (QED) is 0.159. The standard InChI is InChI=1S/C34H34Cl3N3O4S/c1-3-24(2)38-34(42)31(21-25-13-6-4-7-14-25)39(22-26-15-10-11-18-28(26)35)32(41)23-40(30-20-12-19-29(36)33(30)37)45(43,44)27-16-8-5-9-17-27/h4-20,24,31H,3,21-23H2,1-2H3,(H,38,42)/t24-,31-/m0/s1. The fourth-order valence-corrected chi connectivity index (χ4v) is 6.81. The molecule has 45 heavy (non-hydrogen) atoms. The molecule has 0 spiro atoms. The molecule has 0 aliphatic rings. The zero-order valence-electron chi connectivity index (χ0n) is 24.9. The van der Waals surface area contributed by atoms with Crippen LogP contribution in [0.15, 0.2) is 108 Å². The highest BCUT2D eigenvalue weighted by Gasteiger charge is 2.36. The van der Waals surface area contributed by atoms with Gasteiger partial charge in [-0.25, -0.2) is 8.42 Å². The number of anilines is 1. The largest absolute Gasteiger partial charge is 0.352 e. The first-order chi connectivity index (χ1) is 21.5. The summed E-state index contributed by atoms with van der Waals surface area (Å²) in [4.78, 5) is 29.8. The van der Waals surface area contributed by atoms with Crippen molar-refractivity contribution in [2.45, 2.75) is 50.2 Å². The van der Waals surface area contributed by atoms with Crippen LogP contribution in [-0.2, 0) is 32.6 Å². The molecule has 0 radical (unpaired) electrons. The van der Waals surface area contributed by atoms with Crippen LogP contribution in [0, 0.1) is 0 Å². The molecule has 0 aromatic heterocycles. The van der Waals surface area contributed by atoms with Crippen molar-refractivity contribution in [3.05, 3.63) is 129 Å². The molecule has 0 heterocycles. The number of halogens is 3. The van der Waals surface area contributed by atoms with Gasteiger partial charge >= 0.3 is 0 Å². The third-order valence-electron chi connectivity index (χ3n) is 7.38. The van der Waals surface area contributed by atoms with Gasteiger partial charge < -0.3 is 10.2 Å². The fourth-order valence-electron chi connectivity index (χ4n) is 4.72. The molecule has 4 aromatic rings. The number of hydrogen-bond donors (Lipinski definition) is 1. The van der Waals surface area contributed by atoms with E-state index in [-0.39, 0.29) is 45.5 Å². The monoisotopic (exact) mass is 685 g/mol. The molecule has 0 aliphatic heterocycles. The molecule has 7 nitrogen and oxygen atoms in total. The number of amides is 2. The second-order valence-electron chi connectivity index (χ2n) is 10.5. The number of benzene rings is 4. The van der Waals surface area contributed by atoms with E-state index in [1.807, 2.05) is 44.2 Å². The SMILES string of the molecule is CC[C@H](C)NC(=O)[C@H](Cc1ccccc1)N(Cc1ccccc1Cl)C(=O)CN(c1cccc(Cl)c1Cl)S(=O)(=O)c1ccccc1. The van der Waals surface area contributed by atoms with E-state index in [9.17, 15) is 18.0 Å². The van der Waals surface area contributed by atoms with Crippen LogP contribution in [0.4, 0.5) is 5.69 Å². The molecule has 2 atom stereocenters. The number of nitrogens with one attached hydrogen (secondary N) is 1. The summed E-state index contributed by atoms with van der Waals surface area (Å²) in [6, 6.07) is 27.5. The van der Waals surface area contributed by atoms with Gasteiger partial charge in [0.25, 0.3) is 10.0 Å². The number of carbonyl (C=O) groups is 2. The van der Waals surface area contributed by atoms with Gasteiger partial charge in [0.2, 0.25) is 11.8 Å². The predicted molar refractivity (Wildman–Crippen MR) is 181 cm³/mol. The summed E-state index contributed by atoms with van der Waals surface area (Å²) in [7, 11) is -4.31. The Morgan fingerprint density at radius 3 is 2.04 bits per heavy atom. The molecule has 11 heteroatoms. The molecule has 0 saturated heterocycles. The van der Waals surface area contributed by atoms with Crippen LogP contribution in [0.5, 0.6) is 0 Å². The van der Waals surface area contributed by atoms with E-state index in [0.717, 1.165) is 9.87 Å². The van der Waals surface area contributed by atoms with Crippen LogP contribution in [0.1, 0.15) is 31.4 Å². The molecule has 0 fully saturated rings. The number of carbonyl (C=O) groups excluding carboxylic acids is 2. The third kappa shape index (κ3) is 8.58. The van der Waals surface area contributed by atoms with Gasteiger partial charge in [0.15, 0.2) is 0 Å². The number of sulfonamides is 1. The van der Waals surface area contributed by atoms with Crippen molar-refractivity contribution in [2.75, 3.05) is 10.8 Å². The molecule has 0 saturated carbocycles. The number of hydrogen-bond acceptors (Lipinski definition) is 4. The molecular weight excluding hydrogens is 653 g/mol. The summed E-state index contributed by atoms with van der Waals surface area (Å²) in [5.74, 6) is -1.00. The van der Waals surface area contributed by atoms with E-state index in [1.165, 1.54) is 29.2 Å². The Morgan fingerprint density at radius 2 is 1.40 bits per heavy atom. The van der Waals surface area contributed by atoms with Gasteiger partial charge in [-0.15, -0.1) is 0 Å². The summed E-state index contributed by atoms with van der Waals surface area (Å²) in [6.07, 6.45) is 0.862. The van der Waals surface area contributed by atoms with E-state index < -0.39 is 28.5 Å². The lowest BCUT2D eigenvalue weighted by atomic mass is 10.0.